The van der Waals surface area contributed by atoms with Crippen LogP contribution in [0.2, 0.25) is 23.2 Å². The van der Waals surface area contributed by atoms with Gasteiger partial charge in [-0.05, 0) is 37.0 Å². The van der Waals surface area contributed by atoms with Crippen LogP contribution in [0.3, 0.4) is 0 Å². The third kappa shape index (κ3) is 8.33. The molecule has 0 heterocycles. The number of hydrogen-bond acceptors (Lipinski definition) is 3. The van der Waals surface area contributed by atoms with Gasteiger partial charge < -0.3 is 20.3 Å². The molecule has 4 N–H and O–H groups in total. The quantitative estimate of drug-likeness (QED) is 0.415. The van der Waals surface area contributed by atoms with E-state index in [0.717, 1.165) is 0 Å². The summed E-state index contributed by atoms with van der Waals surface area (Å²) in [5, 5.41) is 0.258. The van der Waals surface area contributed by atoms with E-state index in [1.807, 2.05) is 13.8 Å². The minimum absolute atomic E-state index is 0.0737. The van der Waals surface area contributed by atoms with E-state index < -0.39 is 13.9 Å². The van der Waals surface area contributed by atoms with Gasteiger partial charge in [-0.25, -0.2) is 4.99 Å². The Morgan fingerprint density at radius 2 is 1.52 bits per heavy atom. The van der Waals surface area contributed by atoms with Gasteiger partial charge in [0.15, 0.2) is 14.3 Å². The summed E-state index contributed by atoms with van der Waals surface area (Å²) in [6, 6.07) is -0.225. The summed E-state index contributed by atoms with van der Waals surface area (Å²) in [6.07, 6.45) is 0. The van der Waals surface area contributed by atoms with Gasteiger partial charge in [-0.2, -0.15) is 0 Å². The first-order valence-electron chi connectivity index (χ1n) is 8.16. The van der Waals surface area contributed by atoms with Crippen LogP contribution in [0.15, 0.2) is 4.99 Å². The molecule has 0 aromatic carbocycles. The maximum atomic E-state index is 6.32. The van der Waals surface area contributed by atoms with Crippen molar-refractivity contribution in [1.29, 1.82) is 0 Å². The Morgan fingerprint density at radius 3 is 1.87 bits per heavy atom. The normalized spacial score (nSPS) is 15.4. The molecule has 0 saturated carbocycles. The van der Waals surface area contributed by atoms with Crippen LogP contribution in [-0.2, 0) is 8.85 Å². The molecule has 0 fully saturated rings. The SMILES string of the molecule is CC(C)(C)[Si]OC(C)(C)C(CO[Si](C)(C)C(C)(C)C)N=C(N)N. The molecular weight excluding hydrogens is 322 g/mol. The number of nitrogens with two attached hydrogens (primary N) is 2. The van der Waals surface area contributed by atoms with Crippen LogP contribution in [-0.4, -0.2) is 42.3 Å². The molecule has 0 bridgehead atoms. The highest BCUT2D eigenvalue weighted by atomic mass is 28.4. The maximum Gasteiger partial charge on any atom is 0.236 e. The van der Waals surface area contributed by atoms with Gasteiger partial charge in [-0.15, -0.1) is 0 Å². The highest BCUT2D eigenvalue weighted by molar-refractivity contribution is 6.74. The van der Waals surface area contributed by atoms with Gasteiger partial charge in [0.2, 0.25) is 9.76 Å². The van der Waals surface area contributed by atoms with Gasteiger partial charge in [0, 0.05) is 0 Å². The largest absolute Gasteiger partial charge is 0.415 e. The summed E-state index contributed by atoms with van der Waals surface area (Å²) in [4.78, 5) is 4.38. The van der Waals surface area contributed by atoms with Crippen LogP contribution in [0.4, 0.5) is 0 Å². The monoisotopic (exact) mass is 359 g/mol. The molecule has 0 aromatic rings. The molecule has 1 atom stereocenters. The maximum absolute atomic E-state index is 6.32. The number of hydrogen-bond donors (Lipinski definition) is 2. The summed E-state index contributed by atoms with van der Waals surface area (Å²) < 4.78 is 12.5. The standard InChI is InChI=1S/C16H37N3O2Si2/c1-14(2,3)22-21-16(7,8)12(19-13(17)18)11-20-23(9,10)15(4,5)6/h12H,11H2,1-10H3,(H4,17,18,19). The summed E-state index contributed by atoms with van der Waals surface area (Å²) in [7, 11) is -1.49. The zero-order valence-electron chi connectivity index (χ0n) is 16.7. The van der Waals surface area contributed by atoms with Gasteiger partial charge in [-0.3, -0.25) is 0 Å². The summed E-state index contributed by atoms with van der Waals surface area (Å²) in [6.45, 7) is 22.1. The Labute approximate surface area is 146 Å². The molecule has 0 amide bonds. The lowest BCUT2D eigenvalue weighted by atomic mass is 10.0. The lowest BCUT2D eigenvalue weighted by molar-refractivity contribution is 0.0570. The topological polar surface area (TPSA) is 82.9 Å². The predicted molar refractivity (Wildman–Crippen MR) is 103 cm³/mol. The molecule has 136 valence electrons. The second-order valence-corrected chi connectivity index (χ2v) is 15.9. The van der Waals surface area contributed by atoms with Crippen molar-refractivity contribution in [2.75, 3.05) is 6.61 Å². The molecule has 0 aliphatic heterocycles. The van der Waals surface area contributed by atoms with Crippen molar-refractivity contribution in [3.8, 4) is 0 Å². The smallest absolute Gasteiger partial charge is 0.236 e. The molecule has 23 heavy (non-hydrogen) atoms. The third-order valence-electron chi connectivity index (χ3n) is 4.14. The molecular formula is C16H37N3O2Si2. The van der Waals surface area contributed by atoms with E-state index in [2.05, 4.69) is 59.6 Å². The molecule has 1 unspecified atom stereocenters. The van der Waals surface area contributed by atoms with E-state index in [-0.39, 0.29) is 22.1 Å². The second-order valence-electron chi connectivity index (χ2n) is 9.20. The number of rotatable bonds is 7. The Morgan fingerprint density at radius 1 is 1.04 bits per heavy atom. The zero-order chi connectivity index (χ0) is 18.7. The van der Waals surface area contributed by atoms with Crippen LogP contribution >= 0.6 is 0 Å². The Bertz CT molecular complexity index is 407. The van der Waals surface area contributed by atoms with E-state index in [9.17, 15) is 0 Å². The van der Waals surface area contributed by atoms with E-state index in [4.69, 9.17) is 20.3 Å². The van der Waals surface area contributed by atoms with E-state index in [1.165, 1.54) is 0 Å². The van der Waals surface area contributed by atoms with Crippen molar-refractivity contribution in [2.45, 2.75) is 90.2 Å². The van der Waals surface area contributed by atoms with Crippen molar-refractivity contribution >= 4 is 24.0 Å². The average molecular weight is 360 g/mol. The number of guanidine groups is 1. The van der Waals surface area contributed by atoms with E-state index >= 15 is 0 Å². The van der Waals surface area contributed by atoms with Gasteiger partial charge in [0.05, 0.1) is 12.2 Å². The van der Waals surface area contributed by atoms with Gasteiger partial charge in [0.1, 0.15) is 6.04 Å². The second kappa shape index (κ2) is 7.67. The Kier molecular flexibility index (Phi) is 7.55. The van der Waals surface area contributed by atoms with Crippen LogP contribution in [0.5, 0.6) is 0 Å². The molecule has 5 nitrogen and oxygen atoms in total. The lowest BCUT2D eigenvalue weighted by Gasteiger charge is -2.40. The molecule has 0 aromatic heterocycles. The molecule has 7 heteroatoms. The van der Waals surface area contributed by atoms with Crippen LogP contribution < -0.4 is 11.5 Å². The molecule has 2 radical (unpaired) electrons. The van der Waals surface area contributed by atoms with Crippen LogP contribution in [0.25, 0.3) is 0 Å². The van der Waals surface area contributed by atoms with Crippen LogP contribution in [0, 0.1) is 0 Å². The van der Waals surface area contributed by atoms with Crippen molar-refractivity contribution in [2.24, 2.45) is 16.5 Å². The van der Waals surface area contributed by atoms with Gasteiger partial charge in [-0.1, -0.05) is 41.5 Å². The number of nitrogens with zero attached hydrogens (tertiary/aromatic N) is 1. The minimum Gasteiger partial charge on any atom is -0.415 e. The molecule has 0 saturated heterocycles. The predicted octanol–water partition coefficient (Wildman–Crippen LogP) is 3.28. The molecule has 0 aliphatic rings. The average Bonchev–Trinajstić information content (AvgIpc) is 2.29. The van der Waals surface area contributed by atoms with Crippen molar-refractivity contribution in [1.82, 2.24) is 0 Å². The fourth-order valence-corrected chi connectivity index (χ4v) is 3.14. The highest BCUT2D eigenvalue weighted by Crippen LogP contribution is 2.37. The van der Waals surface area contributed by atoms with Gasteiger partial charge >= 0.3 is 0 Å². The zero-order valence-corrected chi connectivity index (χ0v) is 18.7. The molecule has 0 spiro atoms. The highest BCUT2D eigenvalue weighted by Gasteiger charge is 2.40. The third-order valence-corrected chi connectivity index (χ3v) is 9.88. The number of aliphatic imine (C=N–C) groups is 1. The Hall–Kier alpha value is -0.376. The Balaban J connectivity index is 5.13. The first-order chi connectivity index (χ1) is 9.98. The molecule has 0 aliphatic carbocycles. The first-order valence-corrected chi connectivity index (χ1v) is 12.0. The fraction of sp³-hybridized carbons (Fsp3) is 0.938. The molecule has 0 rings (SSSR count). The van der Waals surface area contributed by atoms with Crippen molar-refractivity contribution < 1.29 is 8.85 Å². The summed E-state index contributed by atoms with van der Waals surface area (Å²) in [5.74, 6) is 0.0737. The first kappa shape index (κ1) is 22.6. The van der Waals surface area contributed by atoms with Crippen LogP contribution in [0.1, 0.15) is 55.4 Å². The van der Waals surface area contributed by atoms with Gasteiger partial charge in [0.25, 0.3) is 0 Å². The van der Waals surface area contributed by atoms with E-state index in [1.54, 1.807) is 0 Å². The summed E-state index contributed by atoms with van der Waals surface area (Å²) >= 11 is 0. The van der Waals surface area contributed by atoms with Crippen molar-refractivity contribution in [3.63, 3.8) is 0 Å². The lowest BCUT2D eigenvalue weighted by Crippen LogP contribution is -2.49. The minimum atomic E-state index is -1.86. The van der Waals surface area contributed by atoms with E-state index in [0.29, 0.717) is 16.4 Å². The van der Waals surface area contributed by atoms with Crippen molar-refractivity contribution in [3.05, 3.63) is 0 Å². The fourth-order valence-electron chi connectivity index (χ4n) is 1.43. The summed E-state index contributed by atoms with van der Waals surface area (Å²) in [5.41, 5.74) is 10.8.